The van der Waals surface area contributed by atoms with Crippen molar-refractivity contribution in [3.63, 3.8) is 0 Å². The number of halogens is 3. The Kier molecular flexibility index (Phi) is 4.60. The highest BCUT2D eigenvalue weighted by atomic mass is 19.4. The minimum Gasteiger partial charge on any atom is -0.490 e. The van der Waals surface area contributed by atoms with Gasteiger partial charge in [-0.1, -0.05) is 30.3 Å². The van der Waals surface area contributed by atoms with E-state index in [0.717, 1.165) is 5.01 Å². The standard InChI is InChI=1S/C18H19F3N2O2/c1-11(2)25-14-8-4-6-12-5-3-7-13(16(12)14)17(18(19,20)21)23-10-9-15(24)22-23/h3-8,11,17H,9-10H2,1-2H3,(H,22,24). The average molecular weight is 352 g/mol. The molecular formula is C18H19F3N2O2. The van der Waals surface area contributed by atoms with Crippen LogP contribution in [0.3, 0.4) is 0 Å². The van der Waals surface area contributed by atoms with Crippen LogP contribution < -0.4 is 10.2 Å². The molecule has 0 aliphatic carbocycles. The average Bonchev–Trinajstić information content (AvgIpc) is 2.91. The maximum absolute atomic E-state index is 13.9. The Hall–Kier alpha value is -2.28. The molecular weight excluding hydrogens is 333 g/mol. The first-order valence-electron chi connectivity index (χ1n) is 8.08. The molecule has 1 saturated heterocycles. The van der Waals surface area contributed by atoms with E-state index < -0.39 is 18.1 Å². The van der Waals surface area contributed by atoms with E-state index in [0.29, 0.717) is 16.5 Å². The predicted octanol–water partition coefficient (Wildman–Crippen LogP) is 3.97. The van der Waals surface area contributed by atoms with Gasteiger partial charge in [0.25, 0.3) is 0 Å². The monoisotopic (exact) mass is 352 g/mol. The van der Waals surface area contributed by atoms with Crippen LogP contribution in [-0.2, 0) is 4.79 Å². The molecule has 0 radical (unpaired) electrons. The predicted molar refractivity (Wildman–Crippen MR) is 88.0 cm³/mol. The summed E-state index contributed by atoms with van der Waals surface area (Å²) in [6.45, 7) is 3.65. The van der Waals surface area contributed by atoms with E-state index in [1.54, 1.807) is 30.3 Å². The zero-order chi connectivity index (χ0) is 18.2. The van der Waals surface area contributed by atoms with E-state index >= 15 is 0 Å². The van der Waals surface area contributed by atoms with Gasteiger partial charge in [0.05, 0.1) is 6.10 Å². The number of amides is 1. The largest absolute Gasteiger partial charge is 0.490 e. The van der Waals surface area contributed by atoms with Gasteiger partial charge in [-0.05, 0) is 30.9 Å². The highest BCUT2D eigenvalue weighted by Gasteiger charge is 2.47. The third-order valence-electron chi connectivity index (χ3n) is 4.03. The highest BCUT2D eigenvalue weighted by Crippen LogP contribution is 2.43. The maximum Gasteiger partial charge on any atom is 0.409 e. The van der Waals surface area contributed by atoms with E-state index in [2.05, 4.69) is 5.43 Å². The van der Waals surface area contributed by atoms with Crippen molar-refractivity contribution in [1.29, 1.82) is 0 Å². The van der Waals surface area contributed by atoms with E-state index in [1.165, 1.54) is 6.07 Å². The molecule has 1 heterocycles. The van der Waals surface area contributed by atoms with Crippen LogP contribution in [0.5, 0.6) is 5.75 Å². The molecule has 3 rings (SSSR count). The zero-order valence-corrected chi connectivity index (χ0v) is 13.9. The molecule has 4 nitrogen and oxygen atoms in total. The number of rotatable bonds is 4. The van der Waals surface area contributed by atoms with E-state index in [1.807, 2.05) is 13.8 Å². The number of nitrogens with one attached hydrogen (secondary N) is 1. The number of ether oxygens (including phenoxy) is 1. The SMILES string of the molecule is CC(C)Oc1cccc2cccc(C(N3CCC(=O)N3)C(F)(F)F)c12. The molecule has 0 saturated carbocycles. The number of nitrogens with zero attached hydrogens (tertiary/aromatic N) is 1. The van der Waals surface area contributed by atoms with Crippen molar-refractivity contribution in [3.05, 3.63) is 42.0 Å². The molecule has 2 aromatic carbocycles. The van der Waals surface area contributed by atoms with Crippen molar-refractivity contribution >= 4 is 16.7 Å². The zero-order valence-electron chi connectivity index (χ0n) is 13.9. The van der Waals surface area contributed by atoms with Crippen LogP contribution in [0.15, 0.2) is 36.4 Å². The number of hydrazine groups is 1. The second-order valence-electron chi connectivity index (χ2n) is 6.29. The lowest BCUT2D eigenvalue weighted by Crippen LogP contribution is -2.43. The molecule has 1 unspecified atom stereocenters. The Bertz CT molecular complexity index is 784. The molecule has 2 aromatic rings. The summed E-state index contributed by atoms with van der Waals surface area (Å²) in [5, 5.41) is 2.04. The second-order valence-corrected chi connectivity index (χ2v) is 6.29. The fourth-order valence-corrected chi connectivity index (χ4v) is 3.12. The van der Waals surface area contributed by atoms with Crippen LogP contribution in [0.1, 0.15) is 31.9 Å². The number of alkyl halides is 3. The summed E-state index contributed by atoms with van der Waals surface area (Å²) in [5.74, 6) is -0.00369. The number of benzene rings is 2. The second kappa shape index (κ2) is 6.55. The fraction of sp³-hybridized carbons (Fsp3) is 0.389. The van der Waals surface area contributed by atoms with Crippen LogP contribution in [0.25, 0.3) is 10.8 Å². The first kappa shape index (κ1) is 17.5. The van der Waals surface area contributed by atoms with Crippen molar-refractivity contribution in [2.45, 2.75) is 38.6 Å². The molecule has 1 aliphatic heterocycles. The molecule has 25 heavy (non-hydrogen) atoms. The first-order chi connectivity index (χ1) is 11.8. The van der Waals surface area contributed by atoms with E-state index in [9.17, 15) is 18.0 Å². The van der Waals surface area contributed by atoms with Gasteiger partial charge in [0, 0.05) is 18.4 Å². The van der Waals surface area contributed by atoms with Crippen molar-refractivity contribution in [2.75, 3.05) is 6.54 Å². The normalized spacial score (nSPS) is 17.1. The summed E-state index contributed by atoms with van der Waals surface area (Å²) in [7, 11) is 0. The maximum atomic E-state index is 13.9. The minimum absolute atomic E-state index is 0.00655. The van der Waals surface area contributed by atoms with Gasteiger partial charge in [0.2, 0.25) is 5.91 Å². The summed E-state index contributed by atoms with van der Waals surface area (Å²) < 4.78 is 47.4. The lowest BCUT2D eigenvalue weighted by Gasteiger charge is -2.30. The fourth-order valence-electron chi connectivity index (χ4n) is 3.12. The van der Waals surface area contributed by atoms with Crippen molar-refractivity contribution < 1.29 is 22.7 Å². The lowest BCUT2D eigenvalue weighted by molar-refractivity contribution is -0.190. The summed E-state index contributed by atoms with van der Waals surface area (Å²) in [6.07, 6.45) is -4.67. The third kappa shape index (κ3) is 3.56. The Morgan fingerprint density at radius 1 is 1.16 bits per heavy atom. The molecule has 0 aromatic heterocycles. The van der Waals surface area contributed by atoms with Crippen LogP contribution in [0.2, 0.25) is 0 Å². The smallest absolute Gasteiger partial charge is 0.409 e. The summed E-state index contributed by atoms with van der Waals surface area (Å²) >= 11 is 0. The Morgan fingerprint density at radius 2 is 1.84 bits per heavy atom. The molecule has 1 N–H and O–H groups in total. The Morgan fingerprint density at radius 3 is 2.40 bits per heavy atom. The summed E-state index contributed by atoms with van der Waals surface area (Å²) in [4.78, 5) is 11.4. The van der Waals surface area contributed by atoms with Crippen LogP contribution in [0, 0.1) is 0 Å². The van der Waals surface area contributed by atoms with Crippen molar-refractivity contribution in [2.24, 2.45) is 0 Å². The van der Waals surface area contributed by atoms with Crippen LogP contribution in [0.4, 0.5) is 13.2 Å². The quantitative estimate of drug-likeness (QED) is 0.905. The molecule has 1 atom stereocenters. The van der Waals surface area contributed by atoms with Gasteiger partial charge in [-0.2, -0.15) is 13.2 Å². The van der Waals surface area contributed by atoms with Gasteiger partial charge in [0.15, 0.2) is 6.04 Å². The number of hydrogen-bond donors (Lipinski definition) is 1. The molecule has 0 bridgehead atoms. The van der Waals surface area contributed by atoms with Gasteiger partial charge in [0.1, 0.15) is 5.75 Å². The van der Waals surface area contributed by atoms with Gasteiger partial charge in [-0.15, -0.1) is 0 Å². The molecule has 1 amide bonds. The molecule has 7 heteroatoms. The topological polar surface area (TPSA) is 41.6 Å². The van der Waals surface area contributed by atoms with Gasteiger partial charge in [-0.25, -0.2) is 5.01 Å². The number of fused-ring (bicyclic) bond motifs is 1. The van der Waals surface area contributed by atoms with Crippen molar-refractivity contribution in [1.82, 2.24) is 10.4 Å². The third-order valence-corrected chi connectivity index (χ3v) is 4.03. The van der Waals surface area contributed by atoms with Gasteiger partial charge in [-0.3, -0.25) is 10.2 Å². The summed E-state index contributed by atoms with van der Waals surface area (Å²) in [6, 6.07) is 8.03. The van der Waals surface area contributed by atoms with Crippen molar-refractivity contribution in [3.8, 4) is 5.75 Å². The van der Waals surface area contributed by atoms with Crippen LogP contribution in [-0.4, -0.2) is 29.7 Å². The molecule has 134 valence electrons. The summed E-state index contributed by atoms with van der Waals surface area (Å²) in [5.41, 5.74) is 2.39. The number of hydrogen-bond acceptors (Lipinski definition) is 3. The van der Waals surface area contributed by atoms with Crippen LogP contribution >= 0.6 is 0 Å². The van der Waals surface area contributed by atoms with E-state index in [-0.39, 0.29) is 24.6 Å². The minimum atomic E-state index is -4.54. The highest BCUT2D eigenvalue weighted by molar-refractivity contribution is 5.92. The molecule has 1 fully saturated rings. The number of carbonyl (C=O) groups is 1. The van der Waals surface area contributed by atoms with Gasteiger partial charge >= 0.3 is 6.18 Å². The molecule has 0 spiro atoms. The van der Waals surface area contributed by atoms with E-state index in [4.69, 9.17) is 4.74 Å². The number of carbonyl (C=O) groups excluding carboxylic acids is 1. The first-order valence-corrected chi connectivity index (χ1v) is 8.08. The Labute approximate surface area is 143 Å². The molecule has 1 aliphatic rings. The Balaban J connectivity index is 2.19. The van der Waals surface area contributed by atoms with Gasteiger partial charge < -0.3 is 4.74 Å². The lowest BCUT2D eigenvalue weighted by atomic mass is 9.97.